The van der Waals surface area contributed by atoms with Crippen LogP contribution in [0.1, 0.15) is 49.4 Å². The fraction of sp³-hybridized carbons (Fsp3) is 0.526. The summed E-state index contributed by atoms with van der Waals surface area (Å²) in [5, 5.41) is 4.69. The molecule has 3 N–H and O–H groups in total. The van der Waals surface area contributed by atoms with Gasteiger partial charge in [-0.25, -0.2) is 15.0 Å². The summed E-state index contributed by atoms with van der Waals surface area (Å²) in [6, 6.07) is 0. The highest BCUT2D eigenvalue weighted by Crippen LogP contribution is 2.41. The van der Waals surface area contributed by atoms with Crippen molar-refractivity contribution in [3.8, 4) is 0 Å². The predicted octanol–water partition coefficient (Wildman–Crippen LogP) is 3.83. The van der Waals surface area contributed by atoms with Gasteiger partial charge in [-0.05, 0) is 56.2 Å². The zero-order valence-corrected chi connectivity index (χ0v) is 15.6. The molecule has 3 aromatic heterocycles. The van der Waals surface area contributed by atoms with Crippen LogP contribution in [0.15, 0.2) is 6.33 Å². The van der Waals surface area contributed by atoms with Crippen LogP contribution in [0.4, 0.5) is 5.82 Å². The first-order chi connectivity index (χ1) is 12.3. The Morgan fingerprint density at radius 2 is 2.08 bits per heavy atom. The molecule has 0 bridgehead atoms. The Morgan fingerprint density at radius 1 is 1.20 bits per heavy atom. The summed E-state index contributed by atoms with van der Waals surface area (Å²) in [7, 11) is 0. The Balaban J connectivity index is 1.86. The molecule has 4 rings (SSSR count). The third-order valence-electron chi connectivity index (χ3n) is 5.00. The number of nitrogens with two attached hydrogens (primary N) is 1. The summed E-state index contributed by atoms with van der Waals surface area (Å²) in [5.74, 6) is 0.920. The quantitative estimate of drug-likeness (QED) is 0.630. The fourth-order valence-corrected chi connectivity index (χ4v) is 4.91. The van der Waals surface area contributed by atoms with E-state index >= 15 is 0 Å². The van der Waals surface area contributed by atoms with Crippen molar-refractivity contribution in [2.24, 2.45) is 5.73 Å². The number of hydrogen-bond acceptors (Lipinski definition) is 6. The zero-order chi connectivity index (χ0) is 17.2. The molecule has 0 radical (unpaired) electrons. The minimum absolute atomic E-state index is 0.684. The average molecular weight is 356 g/mol. The Labute approximate surface area is 152 Å². The molecule has 0 spiro atoms. The van der Waals surface area contributed by atoms with Gasteiger partial charge in [-0.2, -0.15) is 0 Å². The van der Waals surface area contributed by atoms with Gasteiger partial charge < -0.3 is 11.1 Å². The van der Waals surface area contributed by atoms with Crippen molar-refractivity contribution in [2.45, 2.75) is 51.9 Å². The SMILES string of the molecule is CCCCc1nc2sc3c(NCCCN)ncnc3c2c2c1CCC2. The molecule has 1 aliphatic rings. The highest BCUT2D eigenvalue weighted by atomic mass is 32.1. The first kappa shape index (κ1) is 16.7. The number of hydrogen-bond donors (Lipinski definition) is 2. The maximum atomic E-state index is 5.60. The Bertz CT molecular complexity index is 902. The Hall–Kier alpha value is -1.79. The summed E-state index contributed by atoms with van der Waals surface area (Å²) in [5.41, 5.74) is 11.0. The van der Waals surface area contributed by atoms with Gasteiger partial charge in [0.15, 0.2) is 0 Å². The smallest absolute Gasteiger partial charge is 0.147 e. The number of aryl methyl sites for hydroxylation is 2. The van der Waals surface area contributed by atoms with Crippen molar-refractivity contribution in [3.63, 3.8) is 0 Å². The fourth-order valence-electron chi connectivity index (χ4n) is 3.76. The molecular weight excluding hydrogens is 330 g/mol. The van der Waals surface area contributed by atoms with Gasteiger partial charge in [0, 0.05) is 17.6 Å². The average Bonchev–Trinajstić information content (AvgIpc) is 3.24. The van der Waals surface area contributed by atoms with Gasteiger partial charge in [-0.3, -0.25) is 0 Å². The number of anilines is 1. The maximum Gasteiger partial charge on any atom is 0.147 e. The molecule has 0 atom stereocenters. The van der Waals surface area contributed by atoms with Crippen LogP contribution in [0.5, 0.6) is 0 Å². The monoisotopic (exact) mass is 355 g/mol. The first-order valence-electron chi connectivity index (χ1n) is 9.35. The van der Waals surface area contributed by atoms with Gasteiger partial charge in [0.05, 0.1) is 10.2 Å². The van der Waals surface area contributed by atoms with Gasteiger partial charge in [0.25, 0.3) is 0 Å². The lowest BCUT2D eigenvalue weighted by Gasteiger charge is -2.08. The van der Waals surface area contributed by atoms with E-state index in [1.807, 2.05) is 0 Å². The lowest BCUT2D eigenvalue weighted by atomic mass is 10.0. The molecule has 0 amide bonds. The molecule has 0 saturated heterocycles. The molecule has 5 nitrogen and oxygen atoms in total. The second-order valence-electron chi connectivity index (χ2n) is 6.72. The number of unbranched alkanes of at least 4 members (excludes halogenated alkanes) is 1. The third-order valence-corrected chi connectivity index (χ3v) is 6.08. The van der Waals surface area contributed by atoms with Crippen molar-refractivity contribution < 1.29 is 0 Å². The maximum absolute atomic E-state index is 5.60. The van der Waals surface area contributed by atoms with E-state index in [2.05, 4.69) is 22.2 Å². The van der Waals surface area contributed by atoms with Gasteiger partial charge in [0.1, 0.15) is 17.0 Å². The van der Waals surface area contributed by atoms with Gasteiger partial charge >= 0.3 is 0 Å². The molecule has 1 aliphatic carbocycles. The second kappa shape index (κ2) is 7.22. The van der Waals surface area contributed by atoms with Crippen LogP contribution in [0, 0.1) is 0 Å². The molecule has 25 heavy (non-hydrogen) atoms. The molecule has 6 heteroatoms. The van der Waals surface area contributed by atoms with E-state index in [1.165, 1.54) is 47.9 Å². The minimum atomic E-state index is 0.684. The Morgan fingerprint density at radius 3 is 2.92 bits per heavy atom. The summed E-state index contributed by atoms with van der Waals surface area (Å²) < 4.78 is 1.13. The van der Waals surface area contributed by atoms with E-state index in [4.69, 9.17) is 10.7 Å². The highest BCUT2D eigenvalue weighted by Gasteiger charge is 2.23. The third kappa shape index (κ3) is 2.98. The molecule has 0 fully saturated rings. The van der Waals surface area contributed by atoms with Gasteiger partial charge in [-0.1, -0.05) is 13.3 Å². The normalized spacial score (nSPS) is 13.7. The van der Waals surface area contributed by atoms with E-state index in [0.29, 0.717) is 6.54 Å². The topological polar surface area (TPSA) is 76.7 Å². The number of nitrogens with one attached hydrogen (secondary N) is 1. The Kier molecular flexibility index (Phi) is 4.81. The second-order valence-corrected chi connectivity index (χ2v) is 7.72. The van der Waals surface area contributed by atoms with E-state index in [0.717, 1.165) is 46.7 Å². The summed E-state index contributed by atoms with van der Waals surface area (Å²) in [6.45, 7) is 3.76. The predicted molar refractivity (Wildman–Crippen MR) is 106 cm³/mol. The molecule has 0 aromatic carbocycles. The highest BCUT2D eigenvalue weighted by molar-refractivity contribution is 7.26. The van der Waals surface area contributed by atoms with Gasteiger partial charge in [-0.15, -0.1) is 11.3 Å². The number of pyridine rings is 1. The van der Waals surface area contributed by atoms with E-state index in [-0.39, 0.29) is 0 Å². The van der Waals surface area contributed by atoms with Crippen LogP contribution in [-0.4, -0.2) is 28.0 Å². The number of rotatable bonds is 7. The molecule has 3 heterocycles. The van der Waals surface area contributed by atoms with Crippen molar-refractivity contribution in [1.29, 1.82) is 0 Å². The summed E-state index contributed by atoms with van der Waals surface area (Å²) in [6.07, 6.45) is 9.68. The molecule has 0 saturated carbocycles. The number of aromatic nitrogens is 3. The van der Waals surface area contributed by atoms with Crippen LogP contribution in [-0.2, 0) is 19.3 Å². The summed E-state index contributed by atoms with van der Waals surface area (Å²) in [4.78, 5) is 15.3. The largest absolute Gasteiger partial charge is 0.369 e. The van der Waals surface area contributed by atoms with Crippen LogP contribution >= 0.6 is 11.3 Å². The van der Waals surface area contributed by atoms with Crippen LogP contribution in [0.2, 0.25) is 0 Å². The molecule has 0 aliphatic heterocycles. The van der Waals surface area contributed by atoms with Crippen LogP contribution < -0.4 is 11.1 Å². The summed E-state index contributed by atoms with van der Waals surface area (Å²) >= 11 is 1.73. The molecular formula is C19H25N5S. The van der Waals surface area contributed by atoms with Gasteiger partial charge in [0.2, 0.25) is 0 Å². The molecule has 132 valence electrons. The van der Waals surface area contributed by atoms with E-state index in [9.17, 15) is 0 Å². The van der Waals surface area contributed by atoms with E-state index in [1.54, 1.807) is 17.7 Å². The standard InChI is InChI=1S/C19H25N5S/c1-2-3-8-14-12-6-4-7-13(12)15-16-17(25-19(15)24-14)18(23-11-22-16)21-10-5-9-20/h11H,2-10,20H2,1H3,(H,21,22,23). The minimum Gasteiger partial charge on any atom is -0.369 e. The first-order valence-corrected chi connectivity index (χ1v) is 10.2. The zero-order valence-electron chi connectivity index (χ0n) is 14.8. The van der Waals surface area contributed by atoms with E-state index < -0.39 is 0 Å². The molecule has 0 unspecified atom stereocenters. The number of fused-ring (bicyclic) bond motifs is 5. The lowest BCUT2D eigenvalue weighted by Crippen LogP contribution is -2.09. The number of nitrogens with zero attached hydrogens (tertiary/aromatic N) is 3. The van der Waals surface area contributed by atoms with Crippen molar-refractivity contribution in [2.75, 3.05) is 18.4 Å². The van der Waals surface area contributed by atoms with Crippen molar-refractivity contribution >= 4 is 37.6 Å². The lowest BCUT2D eigenvalue weighted by molar-refractivity contribution is 0.770. The van der Waals surface area contributed by atoms with Crippen LogP contribution in [0.3, 0.4) is 0 Å². The van der Waals surface area contributed by atoms with Crippen molar-refractivity contribution in [3.05, 3.63) is 23.1 Å². The molecule has 3 aromatic rings. The van der Waals surface area contributed by atoms with Crippen molar-refractivity contribution in [1.82, 2.24) is 15.0 Å². The van der Waals surface area contributed by atoms with Crippen LogP contribution in [0.25, 0.3) is 20.4 Å². The number of thiophene rings is 1.